The quantitative estimate of drug-likeness (QED) is 0.436. The maximum absolute atomic E-state index is 11.7. The number of benzene rings is 1. The van der Waals surface area contributed by atoms with Crippen LogP contribution in [0.5, 0.6) is 5.75 Å². The maximum Gasteiger partial charge on any atom is 0.330 e. The van der Waals surface area contributed by atoms with Gasteiger partial charge < -0.3 is 21.7 Å². The van der Waals surface area contributed by atoms with E-state index in [1.165, 1.54) is 11.8 Å². The second-order valence-electron chi connectivity index (χ2n) is 5.00. The molecule has 2 aliphatic heterocycles. The molecule has 2 atom stereocenters. The molecule has 2 unspecified atom stereocenters. The smallest absolute Gasteiger partial charge is 0.330 e. The number of nitrogens with two attached hydrogens (primary N) is 1. The Balaban J connectivity index is 0.00000176. The first kappa shape index (κ1) is 17.3. The molecule has 2 heterocycles. The van der Waals surface area contributed by atoms with E-state index in [1.54, 1.807) is 18.0 Å². The number of rotatable bonds is 3. The van der Waals surface area contributed by atoms with E-state index in [4.69, 9.17) is 10.5 Å². The molecule has 0 amide bonds. The summed E-state index contributed by atoms with van der Waals surface area (Å²) < 4.78 is 30.1. The molecule has 1 fully saturated rings. The molecule has 2 N–H and O–H groups in total. The predicted molar refractivity (Wildman–Crippen MR) is 83.9 cm³/mol. The number of ether oxygens (including phenoxy) is 1. The van der Waals surface area contributed by atoms with E-state index in [1.807, 2.05) is 24.3 Å². The summed E-state index contributed by atoms with van der Waals surface area (Å²) in [4.78, 5) is 0. The van der Waals surface area contributed by atoms with Gasteiger partial charge in [0.1, 0.15) is 5.75 Å². The summed E-state index contributed by atoms with van der Waals surface area (Å²) in [6, 6.07) is 7.29. The van der Waals surface area contributed by atoms with Crippen molar-refractivity contribution in [2.75, 3.05) is 18.6 Å². The average molecular weight is 406 g/mol. The Morgan fingerprint density at radius 1 is 1.36 bits per heavy atom. The number of amidine groups is 1. The number of hydrazone groups is 1. The summed E-state index contributed by atoms with van der Waals surface area (Å²) in [5.74, 6) is 1.07. The highest BCUT2D eigenvalue weighted by Crippen LogP contribution is 2.32. The Morgan fingerprint density at radius 2 is 2.05 bits per heavy atom. The molecule has 0 aromatic heterocycles. The van der Waals surface area contributed by atoms with Gasteiger partial charge in [-0.15, -0.1) is 4.68 Å². The van der Waals surface area contributed by atoms with Gasteiger partial charge in [0.15, 0.2) is 15.9 Å². The number of methoxy groups -OCH3 is 1. The van der Waals surface area contributed by atoms with E-state index >= 15 is 0 Å². The van der Waals surface area contributed by atoms with Crippen LogP contribution in [0.15, 0.2) is 29.4 Å². The van der Waals surface area contributed by atoms with E-state index in [-0.39, 0.29) is 39.8 Å². The number of fused-ring (bicyclic) bond motifs is 1. The first-order valence-electron chi connectivity index (χ1n) is 6.45. The molecule has 1 aromatic rings. The number of halogens is 1. The van der Waals surface area contributed by atoms with Crippen molar-refractivity contribution in [1.82, 2.24) is 0 Å². The molecule has 9 heteroatoms. The molecule has 6 nitrogen and oxygen atoms in total. The Bertz CT molecular complexity index is 717. The van der Waals surface area contributed by atoms with Gasteiger partial charge in [-0.1, -0.05) is 5.10 Å². The molecule has 0 saturated carbocycles. The van der Waals surface area contributed by atoms with Crippen molar-refractivity contribution >= 4 is 33.0 Å². The molecule has 0 bridgehead atoms. The fourth-order valence-corrected chi connectivity index (χ4v) is 6.21. The van der Waals surface area contributed by atoms with Crippen LogP contribution in [0.3, 0.4) is 0 Å². The summed E-state index contributed by atoms with van der Waals surface area (Å²) in [5, 5.41) is 4.91. The summed E-state index contributed by atoms with van der Waals surface area (Å²) in [6.07, 6.45) is 1.68. The summed E-state index contributed by atoms with van der Waals surface area (Å²) in [7, 11) is -1.36. The number of hydrogen-bond acceptors (Lipinski definition) is 6. The third-order valence-electron chi connectivity index (χ3n) is 3.53. The molecular formula is C13H16BrN3O3S2. The van der Waals surface area contributed by atoms with Gasteiger partial charge in [0.05, 0.1) is 30.1 Å². The topological polar surface area (TPSA) is 84.8 Å². The largest absolute Gasteiger partial charge is 1.00 e. The first-order chi connectivity index (χ1) is 9.98. The lowest BCUT2D eigenvalue weighted by Crippen LogP contribution is -3.00. The van der Waals surface area contributed by atoms with Gasteiger partial charge in [-0.05, 0) is 41.6 Å². The second kappa shape index (κ2) is 6.59. The van der Waals surface area contributed by atoms with Gasteiger partial charge >= 0.3 is 5.17 Å². The van der Waals surface area contributed by atoms with Gasteiger partial charge in [-0.2, -0.15) is 0 Å². The van der Waals surface area contributed by atoms with Crippen molar-refractivity contribution < 1.29 is 34.8 Å². The maximum atomic E-state index is 11.7. The van der Waals surface area contributed by atoms with Crippen LogP contribution in [0, 0.1) is 0 Å². The molecule has 0 aliphatic carbocycles. The Kier molecular flexibility index (Phi) is 5.18. The van der Waals surface area contributed by atoms with Crippen LogP contribution >= 0.6 is 11.8 Å². The van der Waals surface area contributed by atoms with E-state index in [9.17, 15) is 8.42 Å². The highest BCUT2D eigenvalue weighted by molar-refractivity contribution is 8.15. The standard InChI is InChI=1S/C13H15N3O3S2.BrH/c1-19-10-4-2-9(3-5-10)6-15-16-11-7-21(17,18)8-12(11)20-13(16)14;/h2-6,11-12,14H,7-8H2,1H3;1H/b15-6+;. The Labute approximate surface area is 144 Å². The summed E-state index contributed by atoms with van der Waals surface area (Å²) >= 11 is 1.40. The summed E-state index contributed by atoms with van der Waals surface area (Å²) in [6.45, 7) is 0. The monoisotopic (exact) mass is 405 g/mol. The van der Waals surface area contributed by atoms with Crippen molar-refractivity contribution in [3.63, 3.8) is 0 Å². The zero-order valence-corrected chi connectivity index (χ0v) is 15.1. The Hall–Kier alpha value is -1.06. The molecule has 22 heavy (non-hydrogen) atoms. The van der Waals surface area contributed by atoms with Crippen LogP contribution in [0.4, 0.5) is 0 Å². The molecular weight excluding hydrogens is 390 g/mol. The lowest BCUT2D eigenvalue weighted by molar-refractivity contribution is -0.558. The van der Waals surface area contributed by atoms with E-state index < -0.39 is 9.84 Å². The zero-order chi connectivity index (χ0) is 15.0. The number of thioether (sulfide) groups is 1. The molecule has 3 rings (SSSR count). The molecule has 1 saturated heterocycles. The van der Waals surface area contributed by atoms with Crippen molar-refractivity contribution in [2.45, 2.75) is 11.3 Å². The third-order valence-corrected chi connectivity index (χ3v) is 6.67. The lowest BCUT2D eigenvalue weighted by atomic mass is 10.2. The number of nitrogens with zero attached hydrogens (tertiary/aromatic N) is 2. The second-order valence-corrected chi connectivity index (χ2v) is 8.41. The minimum absolute atomic E-state index is 0. The molecule has 2 aliphatic rings. The van der Waals surface area contributed by atoms with Crippen molar-refractivity contribution in [1.29, 1.82) is 0 Å². The fraction of sp³-hybridized carbons (Fsp3) is 0.385. The van der Waals surface area contributed by atoms with Crippen LogP contribution in [0.25, 0.3) is 0 Å². The van der Waals surface area contributed by atoms with E-state index in [0.717, 1.165) is 11.3 Å². The van der Waals surface area contributed by atoms with Gasteiger partial charge in [-0.25, -0.2) is 8.42 Å². The van der Waals surface area contributed by atoms with Gasteiger partial charge in [0.2, 0.25) is 0 Å². The van der Waals surface area contributed by atoms with Crippen LogP contribution in [-0.4, -0.2) is 54.4 Å². The molecule has 0 radical (unpaired) electrons. The highest BCUT2D eigenvalue weighted by atomic mass is 79.9. The van der Waals surface area contributed by atoms with Crippen LogP contribution in [0.1, 0.15) is 5.56 Å². The third kappa shape index (κ3) is 3.47. The normalized spacial score (nSPS) is 26.0. The zero-order valence-electron chi connectivity index (χ0n) is 11.8. The molecule has 120 valence electrons. The van der Waals surface area contributed by atoms with Crippen molar-refractivity contribution in [3.05, 3.63) is 29.8 Å². The fourth-order valence-electron chi connectivity index (χ4n) is 2.47. The number of sulfone groups is 1. The molecule has 0 spiro atoms. The minimum Gasteiger partial charge on any atom is -1.00 e. The summed E-state index contributed by atoms with van der Waals surface area (Å²) in [5.41, 5.74) is 6.85. The van der Waals surface area contributed by atoms with Crippen LogP contribution in [0.2, 0.25) is 0 Å². The number of hydrogen-bond donors (Lipinski definition) is 1. The predicted octanol–water partition coefficient (Wildman–Crippen LogP) is -2.73. The Morgan fingerprint density at radius 3 is 2.68 bits per heavy atom. The lowest BCUT2D eigenvalue weighted by Gasteiger charge is -2.04. The van der Waals surface area contributed by atoms with Gasteiger partial charge in [-0.3, -0.25) is 5.73 Å². The highest BCUT2D eigenvalue weighted by Gasteiger charge is 2.49. The first-order valence-corrected chi connectivity index (χ1v) is 9.15. The van der Waals surface area contributed by atoms with Crippen molar-refractivity contribution in [2.24, 2.45) is 10.8 Å². The van der Waals surface area contributed by atoms with E-state index in [0.29, 0.717) is 5.17 Å². The van der Waals surface area contributed by atoms with Crippen molar-refractivity contribution in [3.8, 4) is 5.75 Å². The minimum atomic E-state index is -2.98. The van der Waals surface area contributed by atoms with Gasteiger partial charge in [0, 0.05) is 0 Å². The van der Waals surface area contributed by atoms with E-state index in [2.05, 4.69) is 5.10 Å². The van der Waals surface area contributed by atoms with Crippen LogP contribution < -0.4 is 27.5 Å². The van der Waals surface area contributed by atoms with Gasteiger partial charge in [0.25, 0.3) is 0 Å². The SMILES string of the molecule is COc1ccc(/C=N/[N+]2=C(N)SC3CS(=O)(=O)CC32)cc1.[Br-]. The average Bonchev–Trinajstić information content (AvgIpc) is 2.88. The molecule has 1 aromatic carbocycles. The van der Waals surface area contributed by atoms with Crippen LogP contribution in [-0.2, 0) is 9.84 Å².